The maximum absolute atomic E-state index is 13.2. The third-order valence-electron chi connectivity index (χ3n) is 6.34. The fraction of sp³-hybridized carbons (Fsp3) is 0.824. The molecule has 4 rings (SSSR count). The van der Waals surface area contributed by atoms with Crippen molar-refractivity contribution in [1.82, 2.24) is 19.7 Å². The minimum absolute atomic E-state index is 0.102. The van der Waals surface area contributed by atoms with E-state index in [0.717, 1.165) is 38.1 Å². The summed E-state index contributed by atoms with van der Waals surface area (Å²) in [7, 11) is 1.96. The first kappa shape index (κ1) is 15.1. The smallest absolute Gasteiger partial charge is 0.226 e. The molecule has 2 heterocycles. The number of amides is 1. The average molecular weight is 317 g/mol. The van der Waals surface area contributed by atoms with Crippen LogP contribution in [-0.4, -0.2) is 38.2 Å². The highest BCUT2D eigenvalue weighted by Gasteiger charge is 2.43. The summed E-state index contributed by atoms with van der Waals surface area (Å²) in [5, 5.41) is 8.23. The summed E-state index contributed by atoms with van der Waals surface area (Å²) in [6, 6.07) is 0.423. The molecule has 2 aliphatic carbocycles. The van der Waals surface area contributed by atoms with Crippen molar-refractivity contribution in [3.63, 3.8) is 0 Å². The molecule has 3 aliphatic rings. The van der Waals surface area contributed by atoms with Crippen LogP contribution in [0.1, 0.15) is 56.8 Å². The number of hydrogen-bond acceptors (Lipinski definition) is 4. The Bertz CT molecular complexity index is 571. The molecule has 2 bridgehead atoms. The van der Waals surface area contributed by atoms with E-state index in [4.69, 9.17) is 5.73 Å². The molecule has 0 aromatic carbocycles. The normalized spacial score (nSPS) is 37.1. The van der Waals surface area contributed by atoms with Gasteiger partial charge in [0.2, 0.25) is 5.91 Å². The number of aryl methyl sites for hydroxylation is 1. The number of aromatic nitrogens is 3. The van der Waals surface area contributed by atoms with Crippen LogP contribution in [0.15, 0.2) is 6.33 Å². The molecule has 3 atom stereocenters. The molecule has 2 saturated carbocycles. The van der Waals surface area contributed by atoms with Gasteiger partial charge >= 0.3 is 0 Å². The Morgan fingerprint density at radius 3 is 2.61 bits per heavy atom. The molecule has 3 fully saturated rings. The molecule has 0 radical (unpaired) electrons. The van der Waals surface area contributed by atoms with E-state index in [2.05, 4.69) is 15.1 Å². The van der Waals surface area contributed by atoms with Gasteiger partial charge in [-0.2, -0.15) is 0 Å². The van der Waals surface area contributed by atoms with Crippen LogP contribution in [0.3, 0.4) is 0 Å². The van der Waals surface area contributed by atoms with Gasteiger partial charge in [-0.25, -0.2) is 0 Å². The van der Waals surface area contributed by atoms with Gasteiger partial charge in [-0.1, -0.05) is 6.42 Å². The summed E-state index contributed by atoms with van der Waals surface area (Å²) >= 11 is 0. The van der Waals surface area contributed by atoms with Gasteiger partial charge in [-0.15, -0.1) is 10.2 Å². The van der Waals surface area contributed by atoms with E-state index in [-0.39, 0.29) is 12.0 Å². The average Bonchev–Trinajstić information content (AvgIpc) is 3.14. The number of hydrogen-bond donors (Lipinski definition) is 1. The standard InChI is InChI=1S/C17H27N5O/c1-21-10-19-20-16(21)14-6-3-7-22(14)17(23)13-8-11-4-2-5-12(9-13)15(11)18/h10-15H,2-9,18H2,1H3. The second-order valence-corrected chi connectivity index (χ2v) is 7.69. The van der Waals surface area contributed by atoms with Crippen molar-refractivity contribution >= 4 is 5.91 Å². The zero-order chi connectivity index (χ0) is 16.0. The third kappa shape index (κ3) is 2.57. The Morgan fingerprint density at radius 1 is 1.22 bits per heavy atom. The Morgan fingerprint density at radius 2 is 1.96 bits per heavy atom. The molecule has 1 saturated heterocycles. The zero-order valence-corrected chi connectivity index (χ0v) is 13.9. The molecular formula is C17H27N5O. The van der Waals surface area contributed by atoms with E-state index >= 15 is 0 Å². The molecule has 23 heavy (non-hydrogen) atoms. The van der Waals surface area contributed by atoms with Gasteiger partial charge in [0.1, 0.15) is 6.33 Å². The van der Waals surface area contributed by atoms with Crippen LogP contribution in [0.4, 0.5) is 0 Å². The number of rotatable bonds is 2. The Kier molecular flexibility index (Phi) is 3.87. The first-order valence-electron chi connectivity index (χ1n) is 9.05. The van der Waals surface area contributed by atoms with Crippen molar-refractivity contribution < 1.29 is 4.79 Å². The Labute approximate surface area is 137 Å². The number of fused-ring (bicyclic) bond motifs is 2. The number of nitrogens with two attached hydrogens (primary N) is 1. The summed E-state index contributed by atoms with van der Waals surface area (Å²) in [5.74, 6) is 2.52. The molecule has 1 aromatic rings. The minimum atomic E-state index is 0.102. The lowest BCUT2D eigenvalue weighted by molar-refractivity contribution is -0.139. The van der Waals surface area contributed by atoms with Crippen molar-refractivity contribution in [2.75, 3.05) is 6.54 Å². The predicted molar refractivity (Wildman–Crippen MR) is 86.2 cm³/mol. The molecule has 0 spiro atoms. The summed E-state index contributed by atoms with van der Waals surface area (Å²) in [6.07, 6.45) is 9.44. The topological polar surface area (TPSA) is 77.0 Å². The van der Waals surface area contributed by atoms with E-state index in [1.165, 1.54) is 19.3 Å². The summed E-state index contributed by atoms with van der Waals surface area (Å²) < 4.78 is 1.95. The highest BCUT2D eigenvalue weighted by Crippen LogP contribution is 2.43. The van der Waals surface area contributed by atoms with Crippen LogP contribution in [-0.2, 0) is 11.8 Å². The number of nitrogens with zero attached hydrogens (tertiary/aromatic N) is 4. The van der Waals surface area contributed by atoms with Crippen molar-refractivity contribution in [3.8, 4) is 0 Å². The van der Waals surface area contributed by atoms with Crippen molar-refractivity contribution in [1.29, 1.82) is 0 Å². The fourth-order valence-electron chi connectivity index (χ4n) is 5.12. The van der Waals surface area contributed by atoms with E-state index in [1.54, 1.807) is 6.33 Å². The number of carbonyl (C=O) groups is 1. The van der Waals surface area contributed by atoms with Gasteiger partial charge in [-0.05, 0) is 50.4 Å². The first-order chi connectivity index (χ1) is 11.1. The monoisotopic (exact) mass is 317 g/mol. The van der Waals surface area contributed by atoms with E-state index in [9.17, 15) is 4.79 Å². The maximum atomic E-state index is 13.2. The van der Waals surface area contributed by atoms with Gasteiger partial charge in [0.05, 0.1) is 6.04 Å². The van der Waals surface area contributed by atoms with E-state index in [1.807, 2.05) is 11.6 Å². The largest absolute Gasteiger partial charge is 0.332 e. The van der Waals surface area contributed by atoms with Gasteiger partial charge in [-0.3, -0.25) is 4.79 Å². The van der Waals surface area contributed by atoms with Crippen LogP contribution < -0.4 is 5.73 Å². The van der Waals surface area contributed by atoms with Crippen molar-refractivity contribution in [2.45, 2.75) is 57.0 Å². The second-order valence-electron chi connectivity index (χ2n) is 7.69. The van der Waals surface area contributed by atoms with Crippen LogP contribution in [0.25, 0.3) is 0 Å². The van der Waals surface area contributed by atoms with Gasteiger partial charge in [0, 0.05) is 25.6 Å². The number of carbonyl (C=O) groups excluding carboxylic acids is 1. The second kappa shape index (κ2) is 5.89. The van der Waals surface area contributed by atoms with Crippen LogP contribution in [0.5, 0.6) is 0 Å². The molecule has 1 aliphatic heterocycles. The van der Waals surface area contributed by atoms with E-state index in [0.29, 0.717) is 23.8 Å². The summed E-state index contributed by atoms with van der Waals surface area (Å²) in [4.78, 5) is 15.3. The highest BCUT2D eigenvalue weighted by atomic mass is 16.2. The lowest BCUT2D eigenvalue weighted by atomic mass is 9.65. The SMILES string of the molecule is Cn1cnnc1C1CCCN1C(=O)C1CC2CCCC(C1)C2N. The lowest BCUT2D eigenvalue weighted by Crippen LogP contribution is -2.49. The summed E-state index contributed by atoms with van der Waals surface area (Å²) in [5.41, 5.74) is 6.38. The number of likely N-dealkylation sites (tertiary alicyclic amines) is 1. The first-order valence-corrected chi connectivity index (χ1v) is 9.05. The summed E-state index contributed by atoms with van der Waals surface area (Å²) in [6.45, 7) is 0.855. The van der Waals surface area contributed by atoms with Crippen LogP contribution in [0.2, 0.25) is 0 Å². The maximum Gasteiger partial charge on any atom is 0.226 e. The predicted octanol–water partition coefficient (Wildman–Crippen LogP) is 1.63. The zero-order valence-electron chi connectivity index (χ0n) is 13.9. The Hall–Kier alpha value is -1.43. The molecule has 3 unspecified atom stereocenters. The van der Waals surface area contributed by atoms with E-state index < -0.39 is 0 Å². The molecule has 1 aromatic heterocycles. The highest BCUT2D eigenvalue weighted by molar-refractivity contribution is 5.79. The molecule has 1 amide bonds. The van der Waals surface area contributed by atoms with Crippen molar-refractivity contribution in [2.24, 2.45) is 30.5 Å². The van der Waals surface area contributed by atoms with Gasteiger partial charge < -0.3 is 15.2 Å². The van der Waals surface area contributed by atoms with Gasteiger partial charge in [0.25, 0.3) is 0 Å². The van der Waals surface area contributed by atoms with Gasteiger partial charge in [0.15, 0.2) is 5.82 Å². The van der Waals surface area contributed by atoms with Crippen LogP contribution >= 0.6 is 0 Å². The molecular weight excluding hydrogens is 290 g/mol. The third-order valence-corrected chi connectivity index (χ3v) is 6.34. The van der Waals surface area contributed by atoms with Crippen molar-refractivity contribution in [3.05, 3.63) is 12.2 Å². The fourth-order valence-corrected chi connectivity index (χ4v) is 5.12. The molecule has 6 heteroatoms. The Balaban J connectivity index is 1.51. The molecule has 2 N–H and O–H groups in total. The molecule has 6 nitrogen and oxygen atoms in total. The van der Waals surface area contributed by atoms with Crippen LogP contribution in [0, 0.1) is 17.8 Å². The quantitative estimate of drug-likeness (QED) is 0.899. The minimum Gasteiger partial charge on any atom is -0.332 e. The molecule has 126 valence electrons. The lowest BCUT2D eigenvalue weighted by Gasteiger charge is -2.44.